The third-order valence-corrected chi connectivity index (χ3v) is 4.76. The summed E-state index contributed by atoms with van der Waals surface area (Å²) in [5.41, 5.74) is 0.856. The van der Waals surface area contributed by atoms with Gasteiger partial charge in [-0.3, -0.25) is 0 Å². The molecule has 0 saturated heterocycles. The lowest BCUT2D eigenvalue weighted by atomic mass is 9.91. The van der Waals surface area contributed by atoms with Crippen LogP contribution in [-0.2, 0) is 0 Å². The maximum atomic E-state index is 3.98. The van der Waals surface area contributed by atoms with E-state index >= 15 is 0 Å². The molecule has 0 aliphatic heterocycles. The summed E-state index contributed by atoms with van der Waals surface area (Å²) < 4.78 is 0. The highest BCUT2D eigenvalue weighted by Gasteiger charge is 2.29. The highest BCUT2D eigenvalue weighted by atomic mass is 28.1. The van der Waals surface area contributed by atoms with Gasteiger partial charge >= 0.3 is 0 Å². The minimum Gasteiger partial charge on any atom is -0.0530 e. The van der Waals surface area contributed by atoms with Gasteiger partial charge in [0.1, 0.15) is 0 Å². The van der Waals surface area contributed by atoms with Crippen molar-refractivity contribution in [2.24, 2.45) is 11.8 Å². The Morgan fingerprint density at radius 1 is 0.750 bits per heavy atom. The van der Waals surface area contributed by atoms with E-state index in [-0.39, 0.29) is 0 Å². The van der Waals surface area contributed by atoms with Crippen molar-refractivity contribution in [3.05, 3.63) is 0 Å². The summed E-state index contributed by atoms with van der Waals surface area (Å²) in [6.45, 7) is 0. The molecule has 0 nitrogen and oxygen atoms in total. The van der Waals surface area contributed by atoms with E-state index in [4.69, 9.17) is 0 Å². The summed E-state index contributed by atoms with van der Waals surface area (Å²) in [7, 11) is 3.98. The van der Waals surface area contributed by atoms with E-state index in [0.29, 0.717) is 0 Å². The first-order valence-corrected chi connectivity index (χ1v) is 6.17. The molecule has 0 aromatic carbocycles. The fourth-order valence-corrected chi connectivity index (χ4v) is 3.68. The summed E-state index contributed by atoms with van der Waals surface area (Å²) in [5, 5.41) is 0. The summed E-state index contributed by atoms with van der Waals surface area (Å²) in [5.74, 6) is 2.04. The van der Waals surface area contributed by atoms with E-state index in [1.165, 1.54) is 51.4 Å². The van der Waals surface area contributed by atoms with Gasteiger partial charge in [0.05, 0.1) is 0 Å². The quantitative estimate of drug-likeness (QED) is 0.570. The molecular formula is C11H19Si. The van der Waals surface area contributed by atoms with Crippen LogP contribution in [0.5, 0.6) is 0 Å². The minimum atomic E-state index is 0.856. The molecule has 2 fully saturated rings. The third-order valence-electron chi connectivity index (χ3n) is 3.82. The molecule has 2 aliphatic rings. The maximum Gasteiger partial charge on any atom is 0.0273 e. The van der Waals surface area contributed by atoms with Crippen LogP contribution in [0.1, 0.15) is 51.4 Å². The van der Waals surface area contributed by atoms with Crippen molar-refractivity contribution in [3.63, 3.8) is 0 Å². The molecule has 0 bridgehead atoms. The van der Waals surface area contributed by atoms with Crippen molar-refractivity contribution in [2.45, 2.75) is 56.9 Å². The molecule has 0 heterocycles. The van der Waals surface area contributed by atoms with Gasteiger partial charge in [0.25, 0.3) is 0 Å². The van der Waals surface area contributed by atoms with Gasteiger partial charge < -0.3 is 0 Å². The molecule has 0 aromatic rings. The highest BCUT2D eigenvalue weighted by Crippen LogP contribution is 2.43. The van der Waals surface area contributed by atoms with Gasteiger partial charge in [0.15, 0.2) is 0 Å². The lowest BCUT2D eigenvalue weighted by molar-refractivity contribution is 0.383. The van der Waals surface area contributed by atoms with Crippen molar-refractivity contribution >= 4 is 10.2 Å². The van der Waals surface area contributed by atoms with E-state index in [1.54, 1.807) is 0 Å². The Labute approximate surface area is 79.5 Å². The second-order valence-electron chi connectivity index (χ2n) is 4.61. The van der Waals surface area contributed by atoms with E-state index in [2.05, 4.69) is 10.2 Å². The molecule has 2 aliphatic carbocycles. The van der Waals surface area contributed by atoms with Crippen LogP contribution in [0, 0.1) is 11.8 Å². The molecule has 12 heavy (non-hydrogen) atoms. The molecule has 1 heteroatoms. The Balaban J connectivity index is 1.84. The first kappa shape index (κ1) is 8.80. The van der Waals surface area contributed by atoms with E-state index in [1.807, 2.05) is 0 Å². The second-order valence-corrected chi connectivity index (χ2v) is 5.28. The maximum absolute atomic E-state index is 3.98. The molecule has 0 atom stereocenters. The topological polar surface area (TPSA) is 0 Å². The van der Waals surface area contributed by atoms with Crippen molar-refractivity contribution in [1.82, 2.24) is 0 Å². The van der Waals surface area contributed by atoms with Crippen LogP contribution in [0.3, 0.4) is 0 Å². The SMILES string of the molecule is [Si]C(C1CCCC1)C1CCCC1. The smallest absolute Gasteiger partial charge is 0.0273 e. The summed E-state index contributed by atoms with van der Waals surface area (Å²) in [6, 6.07) is 0. The average molecular weight is 179 g/mol. The Morgan fingerprint density at radius 3 is 1.42 bits per heavy atom. The van der Waals surface area contributed by atoms with Gasteiger partial charge in [-0.1, -0.05) is 51.4 Å². The van der Waals surface area contributed by atoms with Crippen molar-refractivity contribution in [2.75, 3.05) is 0 Å². The van der Waals surface area contributed by atoms with Crippen LogP contribution in [-0.4, -0.2) is 10.2 Å². The summed E-state index contributed by atoms with van der Waals surface area (Å²) in [4.78, 5) is 0. The van der Waals surface area contributed by atoms with Gasteiger partial charge in [-0.25, -0.2) is 0 Å². The normalized spacial score (nSPS) is 27.5. The summed E-state index contributed by atoms with van der Waals surface area (Å²) >= 11 is 0. The highest BCUT2D eigenvalue weighted by molar-refractivity contribution is 6.12. The van der Waals surface area contributed by atoms with Crippen LogP contribution in [0.2, 0.25) is 5.54 Å². The number of hydrogen-bond acceptors (Lipinski definition) is 0. The number of rotatable bonds is 2. The van der Waals surface area contributed by atoms with Crippen LogP contribution in [0.4, 0.5) is 0 Å². The lowest BCUT2D eigenvalue weighted by Crippen LogP contribution is -2.13. The zero-order valence-electron chi connectivity index (χ0n) is 7.89. The van der Waals surface area contributed by atoms with Crippen LogP contribution < -0.4 is 0 Å². The fraction of sp³-hybridized carbons (Fsp3) is 1.00. The standard InChI is InChI=1S/C11H19Si/c12-11(9-5-1-2-6-9)10-7-3-4-8-10/h9-11H,1-8H2. The monoisotopic (exact) mass is 179 g/mol. The van der Waals surface area contributed by atoms with Gasteiger partial charge in [-0.05, 0) is 17.4 Å². The number of hydrogen-bond donors (Lipinski definition) is 0. The van der Waals surface area contributed by atoms with Gasteiger partial charge in [-0.2, -0.15) is 0 Å². The Kier molecular flexibility index (Phi) is 2.90. The summed E-state index contributed by atoms with van der Waals surface area (Å²) in [6.07, 6.45) is 11.9. The van der Waals surface area contributed by atoms with Gasteiger partial charge in [0, 0.05) is 10.2 Å². The Morgan fingerprint density at radius 2 is 1.08 bits per heavy atom. The van der Waals surface area contributed by atoms with Crippen molar-refractivity contribution < 1.29 is 0 Å². The molecule has 2 rings (SSSR count). The van der Waals surface area contributed by atoms with Crippen LogP contribution in [0.25, 0.3) is 0 Å². The van der Waals surface area contributed by atoms with Crippen LogP contribution >= 0.6 is 0 Å². The van der Waals surface area contributed by atoms with Crippen LogP contribution in [0.15, 0.2) is 0 Å². The van der Waals surface area contributed by atoms with Crippen molar-refractivity contribution in [3.8, 4) is 0 Å². The zero-order valence-corrected chi connectivity index (χ0v) is 8.89. The molecule has 0 aromatic heterocycles. The van der Waals surface area contributed by atoms with E-state index in [9.17, 15) is 0 Å². The Hall–Kier alpha value is 0.217. The van der Waals surface area contributed by atoms with Gasteiger partial charge in [0.2, 0.25) is 0 Å². The molecule has 2 saturated carbocycles. The molecule has 3 radical (unpaired) electrons. The van der Waals surface area contributed by atoms with E-state index in [0.717, 1.165) is 17.4 Å². The molecule has 0 N–H and O–H groups in total. The predicted octanol–water partition coefficient (Wildman–Crippen LogP) is 3.32. The first-order chi connectivity index (χ1) is 5.88. The Bertz CT molecular complexity index is 116. The predicted molar refractivity (Wildman–Crippen MR) is 53.4 cm³/mol. The molecule has 0 spiro atoms. The first-order valence-electron chi connectivity index (χ1n) is 5.59. The largest absolute Gasteiger partial charge is 0.0530 e. The molecule has 0 amide bonds. The van der Waals surface area contributed by atoms with E-state index < -0.39 is 0 Å². The zero-order chi connectivity index (χ0) is 8.39. The molecule has 67 valence electrons. The molecular weight excluding hydrogens is 160 g/mol. The average Bonchev–Trinajstić information content (AvgIpc) is 2.77. The fourth-order valence-electron chi connectivity index (χ4n) is 3.02. The third kappa shape index (κ3) is 1.76. The lowest BCUT2D eigenvalue weighted by Gasteiger charge is -2.24. The molecule has 0 unspecified atom stereocenters. The van der Waals surface area contributed by atoms with Crippen molar-refractivity contribution in [1.29, 1.82) is 0 Å². The van der Waals surface area contributed by atoms with Gasteiger partial charge in [-0.15, -0.1) is 0 Å². The second kappa shape index (κ2) is 3.95. The minimum absolute atomic E-state index is 0.856.